The van der Waals surface area contributed by atoms with Gasteiger partial charge in [0.15, 0.2) is 0 Å². The van der Waals surface area contributed by atoms with Crippen molar-refractivity contribution >= 4 is 0 Å². The Balaban J connectivity index is 2.17. The summed E-state index contributed by atoms with van der Waals surface area (Å²) >= 11 is 0. The SMILES string of the molecule is CC(C)n1cncc1C(O)Cc1nccn1C. The summed E-state index contributed by atoms with van der Waals surface area (Å²) in [5.74, 6) is 0.869. The summed E-state index contributed by atoms with van der Waals surface area (Å²) in [6.07, 6.45) is 7.02. The van der Waals surface area contributed by atoms with Crippen LogP contribution < -0.4 is 0 Å². The second-order valence-electron chi connectivity index (χ2n) is 4.49. The van der Waals surface area contributed by atoms with E-state index in [9.17, 15) is 5.11 Å². The van der Waals surface area contributed by atoms with E-state index in [4.69, 9.17) is 0 Å². The topological polar surface area (TPSA) is 55.9 Å². The molecule has 2 aromatic heterocycles. The van der Waals surface area contributed by atoms with E-state index >= 15 is 0 Å². The predicted molar refractivity (Wildman–Crippen MR) is 64.5 cm³/mol. The van der Waals surface area contributed by atoms with Crippen molar-refractivity contribution in [3.8, 4) is 0 Å². The van der Waals surface area contributed by atoms with E-state index in [2.05, 4.69) is 23.8 Å². The molecule has 1 atom stereocenters. The van der Waals surface area contributed by atoms with Crippen LogP contribution in [0.5, 0.6) is 0 Å². The van der Waals surface area contributed by atoms with Gasteiger partial charge in [-0.2, -0.15) is 0 Å². The molecule has 1 N–H and O–H groups in total. The fraction of sp³-hybridized carbons (Fsp3) is 0.500. The third-order valence-electron chi connectivity index (χ3n) is 2.89. The Morgan fingerprint density at radius 2 is 2.18 bits per heavy atom. The second-order valence-corrected chi connectivity index (χ2v) is 4.49. The minimum Gasteiger partial charge on any atom is -0.386 e. The van der Waals surface area contributed by atoms with Crippen molar-refractivity contribution in [3.63, 3.8) is 0 Å². The normalized spacial score (nSPS) is 13.2. The van der Waals surface area contributed by atoms with Crippen molar-refractivity contribution in [1.29, 1.82) is 0 Å². The van der Waals surface area contributed by atoms with Gasteiger partial charge in [0.2, 0.25) is 0 Å². The molecule has 2 aromatic rings. The Labute approximate surface area is 101 Å². The second kappa shape index (κ2) is 4.71. The smallest absolute Gasteiger partial charge is 0.111 e. The van der Waals surface area contributed by atoms with E-state index in [0.717, 1.165) is 11.5 Å². The molecule has 2 heterocycles. The standard InChI is InChI=1S/C12H18N4O/c1-9(2)16-8-13-7-10(16)11(17)6-12-14-4-5-15(12)3/h4-5,7-9,11,17H,6H2,1-3H3. The van der Waals surface area contributed by atoms with Crippen LogP contribution in [-0.4, -0.2) is 24.2 Å². The molecule has 5 nitrogen and oxygen atoms in total. The number of aliphatic hydroxyl groups is 1. The first-order chi connectivity index (χ1) is 8.09. The van der Waals surface area contributed by atoms with Crippen molar-refractivity contribution in [3.05, 3.63) is 36.4 Å². The van der Waals surface area contributed by atoms with Gasteiger partial charge in [-0.15, -0.1) is 0 Å². The van der Waals surface area contributed by atoms with Crippen LogP contribution >= 0.6 is 0 Å². The molecule has 17 heavy (non-hydrogen) atoms. The van der Waals surface area contributed by atoms with Crippen molar-refractivity contribution in [1.82, 2.24) is 19.1 Å². The van der Waals surface area contributed by atoms with Gasteiger partial charge < -0.3 is 14.2 Å². The van der Waals surface area contributed by atoms with Gasteiger partial charge in [-0.3, -0.25) is 0 Å². The molecule has 0 aliphatic rings. The lowest BCUT2D eigenvalue weighted by Gasteiger charge is -2.16. The molecule has 0 fully saturated rings. The van der Waals surface area contributed by atoms with Crippen LogP contribution in [0.2, 0.25) is 0 Å². The first-order valence-electron chi connectivity index (χ1n) is 5.75. The molecule has 5 heteroatoms. The fourth-order valence-electron chi connectivity index (χ4n) is 1.88. The number of hydrogen-bond acceptors (Lipinski definition) is 3. The summed E-state index contributed by atoms with van der Waals surface area (Å²) in [6.45, 7) is 4.14. The van der Waals surface area contributed by atoms with Gasteiger partial charge in [0.05, 0.1) is 18.2 Å². The summed E-state index contributed by atoms with van der Waals surface area (Å²) in [5.41, 5.74) is 0.836. The van der Waals surface area contributed by atoms with E-state index in [1.54, 1.807) is 18.7 Å². The monoisotopic (exact) mass is 234 g/mol. The fourth-order valence-corrected chi connectivity index (χ4v) is 1.88. The molecule has 0 bridgehead atoms. The molecule has 0 aliphatic heterocycles. The van der Waals surface area contributed by atoms with Crippen LogP contribution in [-0.2, 0) is 13.5 Å². The summed E-state index contributed by atoms with van der Waals surface area (Å²) in [6, 6.07) is 0.295. The van der Waals surface area contributed by atoms with Crippen LogP contribution in [0, 0.1) is 0 Å². The third kappa shape index (κ3) is 2.39. The van der Waals surface area contributed by atoms with Crippen molar-refractivity contribution in [2.24, 2.45) is 7.05 Å². The Bertz CT molecular complexity index is 486. The first kappa shape index (κ1) is 11.9. The summed E-state index contributed by atoms with van der Waals surface area (Å²) < 4.78 is 3.90. The lowest BCUT2D eigenvalue weighted by atomic mass is 10.2. The van der Waals surface area contributed by atoms with Crippen LogP contribution in [0.3, 0.4) is 0 Å². The van der Waals surface area contributed by atoms with Gasteiger partial charge in [0.25, 0.3) is 0 Å². The van der Waals surface area contributed by atoms with E-state index < -0.39 is 6.10 Å². The number of hydrogen-bond donors (Lipinski definition) is 1. The summed E-state index contributed by atoms with van der Waals surface area (Å²) in [7, 11) is 1.93. The molecule has 0 aromatic carbocycles. The molecule has 0 radical (unpaired) electrons. The van der Waals surface area contributed by atoms with Gasteiger partial charge in [0.1, 0.15) is 11.9 Å². The largest absolute Gasteiger partial charge is 0.386 e. The zero-order valence-electron chi connectivity index (χ0n) is 10.4. The summed E-state index contributed by atoms with van der Waals surface area (Å²) in [4.78, 5) is 8.31. The quantitative estimate of drug-likeness (QED) is 0.871. The molecule has 92 valence electrons. The van der Waals surface area contributed by atoms with E-state index in [-0.39, 0.29) is 0 Å². The van der Waals surface area contributed by atoms with E-state index in [1.807, 2.05) is 22.4 Å². The highest BCUT2D eigenvalue weighted by atomic mass is 16.3. The van der Waals surface area contributed by atoms with Crippen LogP contribution in [0.15, 0.2) is 24.9 Å². The lowest BCUT2D eigenvalue weighted by molar-refractivity contribution is 0.163. The molecule has 0 saturated carbocycles. The molecule has 0 aliphatic carbocycles. The summed E-state index contributed by atoms with van der Waals surface area (Å²) in [5, 5.41) is 10.2. The number of aromatic nitrogens is 4. The highest BCUT2D eigenvalue weighted by Gasteiger charge is 2.16. The van der Waals surface area contributed by atoms with Crippen LogP contribution in [0.1, 0.15) is 37.5 Å². The van der Waals surface area contributed by atoms with Gasteiger partial charge in [-0.25, -0.2) is 9.97 Å². The zero-order valence-corrected chi connectivity index (χ0v) is 10.4. The van der Waals surface area contributed by atoms with Crippen molar-refractivity contribution in [2.75, 3.05) is 0 Å². The van der Waals surface area contributed by atoms with Gasteiger partial charge in [-0.1, -0.05) is 0 Å². The Morgan fingerprint density at radius 3 is 2.76 bits per heavy atom. The molecule has 2 rings (SSSR count). The van der Waals surface area contributed by atoms with E-state index in [1.165, 1.54) is 0 Å². The average molecular weight is 234 g/mol. The number of imidazole rings is 2. The molecular formula is C12H18N4O. The Kier molecular flexibility index (Phi) is 3.28. The minimum absolute atomic E-state index is 0.295. The Hall–Kier alpha value is -1.62. The van der Waals surface area contributed by atoms with Gasteiger partial charge in [0, 0.05) is 31.9 Å². The number of rotatable bonds is 4. The highest BCUT2D eigenvalue weighted by molar-refractivity contribution is 5.07. The van der Waals surface area contributed by atoms with Crippen molar-refractivity contribution < 1.29 is 5.11 Å². The van der Waals surface area contributed by atoms with Crippen LogP contribution in [0.4, 0.5) is 0 Å². The highest BCUT2D eigenvalue weighted by Crippen LogP contribution is 2.20. The van der Waals surface area contributed by atoms with Crippen LogP contribution in [0.25, 0.3) is 0 Å². The first-order valence-corrected chi connectivity index (χ1v) is 5.75. The molecule has 1 unspecified atom stereocenters. The lowest BCUT2D eigenvalue weighted by Crippen LogP contribution is -2.12. The molecule has 0 saturated heterocycles. The molecular weight excluding hydrogens is 216 g/mol. The zero-order chi connectivity index (χ0) is 12.4. The predicted octanol–water partition coefficient (Wildman–Crippen LogP) is 1.47. The third-order valence-corrected chi connectivity index (χ3v) is 2.89. The Morgan fingerprint density at radius 1 is 1.41 bits per heavy atom. The minimum atomic E-state index is -0.569. The number of aryl methyl sites for hydroxylation is 1. The van der Waals surface area contributed by atoms with Gasteiger partial charge in [-0.05, 0) is 13.8 Å². The van der Waals surface area contributed by atoms with E-state index in [0.29, 0.717) is 12.5 Å². The maximum Gasteiger partial charge on any atom is 0.111 e. The number of aliphatic hydroxyl groups excluding tert-OH is 1. The maximum absolute atomic E-state index is 10.2. The van der Waals surface area contributed by atoms with Crippen molar-refractivity contribution in [2.45, 2.75) is 32.4 Å². The maximum atomic E-state index is 10.2. The molecule has 0 amide bonds. The molecule has 0 spiro atoms. The van der Waals surface area contributed by atoms with Gasteiger partial charge >= 0.3 is 0 Å². The number of nitrogens with zero attached hydrogens (tertiary/aromatic N) is 4. The average Bonchev–Trinajstić information content (AvgIpc) is 2.87.